The highest BCUT2D eigenvalue weighted by Gasteiger charge is 2.05. The quantitative estimate of drug-likeness (QED) is 0.520. The van der Waals surface area contributed by atoms with Crippen LogP contribution in [0.5, 0.6) is 5.75 Å². The van der Waals surface area contributed by atoms with Crippen LogP contribution in [0.4, 0.5) is 5.69 Å². The third-order valence-electron chi connectivity index (χ3n) is 2.53. The number of nitrogens with one attached hydrogen (secondary N) is 1. The van der Waals surface area contributed by atoms with E-state index in [1.54, 1.807) is 48.5 Å². The number of ether oxygens (including phenoxy) is 1. The van der Waals surface area contributed by atoms with Gasteiger partial charge < -0.3 is 10.1 Å². The lowest BCUT2D eigenvalue weighted by atomic mass is 10.3. The lowest BCUT2D eigenvalue weighted by Gasteiger charge is -2.03. The van der Waals surface area contributed by atoms with Crippen LogP contribution in [-0.2, 0) is 9.59 Å². The minimum atomic E-state index is -0.695. The predicted molar refractivity (Wildman–Crippen MR) is 86.3 cm³/mol. The summed E-state index contributed by atoms with van der Waals surface area (Å²) in [6.07, 6.45) is 2.10. The smallest absolute Gasteiger partial charge is 0.336 e. The summed E-state index contributed by atoms with van der Waals surface area (Å²) in [4.78, 5) is 23.3. The molecule has 0 saturated heterocycles. The Morgan fingerprint density at radius 3 is 2.32 bits per heavy atom. The van der Waals surface area contributed by atoms with Crippen molar-refractivity contribution in [2.45, 2.75) is 0 Å². The van der Waals surface area contributed by atoms with E-state index in [2.05, 4.69) is 5.32 Å². The van der Waals surface area contributed by atoms with Gasteiger partial charge in [0.15, 0.2) is 0 Å². The maximum Gasteiger partial charge on any atom is 0.336 e. The van der Waals surface area contributed by atoms with Crippen molar-refractivity contribution in [2.75, 3.05) is 5.32 Å². The van der Waals surface area contributed by atoms with Crippen LogP contribution < -0.4 is 10.1 Å². The molecule has 22 heavy (non-hydrogen) atoms. The van der Waals surface area contributed by atoms with Gasteiger partial charge in [-0.05, 0) is 36.4 Å². The highest BCUT2D eigenvalue weighted by Crippen LogP contribution is 2.23. The van der Waals surface area contributed by atoms with Gasteiger partial charge in [0.05, 0.1) is 5.02 Å². The molecular formula is C16H11Cl2NO3. The number of carbonyl (C=O) groups excluding carboxylic acids is 2. The molecule has 0 spiro atoms. The average Bonchev–Trinajstić information content (AvgIpc) is 2.50. The number of hydrogen-bond acceptors (Lipinski definition) is 3. The maximum atomic E-state index is 11.7. The summed E-state index contributed by atoms with van der Waals surface area (Å²) in [5.74, 6) is -0.922. The van der Waals surface area contributed by atoms with Gasteiger partial charge in [-0.1, -0.05) is 35.3 Å². The first kappa shape index (κ1) is 16.1. The standard InChI is InChI=1S/C16H11Cl2NO3/c17-11-5-7-12(8-6-11)19-15(20)9-10-16(21)22-14-4-2-1-3-13(14)18/h1-10H,(H,19,20)/b10-9+. The zero-order chi connectivity index (χ0) is 15.9. The van der Waals surface area contributed by atoms with Crippen molar-refractivity contribution in [1.29, 1.82) is 0 Å². The van der Waals surface area contributed by atoms with Crippen LogP contribution in [0.15, 0.2) is 60.7 Å². The number of hydrogen-bond donors (Lipinski definition) is 1. The summed E-state index contributed by atoms with van der Waals surface area (Å²) in [5.41, 5.74) is 0.568. The van der Waals surface area contributed by atoms with E-state index in [0.717, 1.165) is 12.2 Å². The summed E-state index contributed by atoms with van der Waals surface area (Å²) in [6, 6.07) is 13.1. The lowest BCUT2D eigenvalue weighted by Crippen LogP contribution is -2.10. The Morgan fingerprint density at radius 1 is 0.955 bits per heavy atom. The van der Waals surface area contributed by atoms with E-state index in [0.29, 0.717) is 15.7 Å². The molecule has 4 nitrogen and oxygen atoms in total. The molecular weight excluding hydrogens is 325 g/mol. The number of para-hydroxylation sites is 1. The normalized spacial score (nSPS) is 10.5. The molecule has 0 aliphatic carbocycles. The van der Waals surface area contributed by atoms with E-state index in [4.69, 9.17) is 27.9 Å². The van der Waals surface area contributed by atoms with Gasteiger partial charge in [-0.3, -0.25) is 4.79 Å². The molecule has 0 fully saturated rings. The molecule has 0 saturated carbocycles. The largest absolute Gasteiger partial charge is 0.422 e. The second kappa shape index (κ2) is 7.64. The Hall–Kier alpha value is -2.30. The predicted octanol–water partition coefficient (Wildman–Crippen LogP) is 4.09. The van der Waals surface area contributed by atoms with E-state index in [1.165, 1.54) is 0 Å². The minimum Gasteiger partial charge on any atom is -0.422 e. The van der Waals surface area contributed by atoms with Gasteiger partial charge >= 0.3 is 5.97 Å². The second-order valence-electron chi connectivity index (χ2n) is 4.18. The number of esters is 1. The van der Waals surface area contributed by atoms with Gasteiger partial charge in [-0.2, -0.15) is 0 Å². The van der Waals surface area contributed by atoms with Crippen LogP contribution in [0, 0.1) is 0 Å². The molecule has 0 aliphatic rings. The minimum absolute atomic E-state index is 0.233. The first-order chi connectivity index (χ1) is 10.5. The molecule has 0 unspecified atom stereocenters. The van der Waals surface area contributed by atoms with Crippen LogP contribution >= 0.6 is 23.2 Å². The van der Waals surface area contributed by atoms with Crippen molar-refractivity contribution in [1.82, 2.24) is 0 Å². The van der Waals surface area contributed by atoms with Gasteiger partial charge in [0.2, 0.25) is 5.91 Å². The molecule has 2 aromatic carbocycles. The van der Waals surface area contributed by atoms with Crippen LogP contribution in [-0.4, -0.2) is 11.9 Å². The van der Waals surface area contributed by atoms with E-state index in [-0.39, 0.29) is 5.75 Å². The van der Waals surface area contributed by atoms with Crippen LogP contribution in [0.3, 0.4) is 0 Å². The number of benzene rings is 2. The Kier molecular flexibility index (Phi) is 5.58. The fourth-order valence-electron chi connectivity index (χ4n) is 1.53. The molecule has 0 radical (unpaired) electrons. The summed E-state index contributed by atoms with van der Waals surface area (Å²) in [7, 11) is 0. The van der Waals surface area contributed by atoms with Crippen molar-refractivity contribution in [2.24, 2.45) is 0 Å². The fourth-order valence-corrected chi connectivity index (χ4v) is 1.83. The molecule has 2 rings (SSSR count). The Balaban J connectivity index is 1.90. The van der Waals surface area contributed by atoms with Crippen molar-refractivity contribution < 1.29 is 14.3 Å². The van der Waals surface area contributed by atoms with Crippen LogP contribution in [0.2, 0.25) is 10.0 Å². The molecule has 1 amide bonds. The zero-order valence-corrected chi connectivity index (χ0v) is 12.8. The molecule has 0 atom stereocenters. The monoisotopic (exact) mass is 335 g/mol. The lowest BCUT2D eigenvalue weighted by molar-refractivity contribution is -0.129. The molecule has 0 aromatic heterocycles. The van der Waals surface area contributed by atoms with Crippen molar-refractivity contribution in [3.05, 3.63) is 70.7 Å². The summed E-state index contributed by atoms with van der Waals surface area (Å²) in [6.45, 7) is 0. The van der Waals surface area contributed by atoms with E-state index >= 15 is 0 Å². The van der Waals surface area contributed by atoms with E-state index in [1.807, 2.05) is 0 Å². The van der Waals surface area contributed by atoms with Crippen LogP contribution in [0.25, 0.3) is 0 Å². The molecule has 112 valence electrons. The third-order valence-corrected chi connectivity index (χ3v) is 3.09. The number of anilines is 1. The number of halogens is 2. The Labute approximate surface area is 137 Å². The molecule has 1 N–H and O–H groups in total. The van der Waals surface area contributed by atoms with Gasteiger partial charge in [-0.25, -0.2) is 4.79 Å². The number of rotatable bonds is 4. The maximum absolute atomic E-state index is 11.7. The summed E-state index contributed by atoms with van der Waals surface area (Å²) in [5, 5.41) is 3.46. The highest BCUT2D eigenvalue weighted by molar-refractivity contribution is 6.32. The number of carbonyl (C=O) groups is 2. The van der Waals surface area contributed by atoms with E-state index in [9.17, 15) is 9.59 Å². The van der Waals surface area contributed by atoms with Gasteiger partial charge in [0.25, 0.3) is 0 Å². The molecule has 6 heteroatoms. The second-order valence-corrected chi connectivity index (χ2v) is 5.02. The van der Waals surface area contributed by atoms with Crippen LogP contribution in [0.1, 0.15) is 0 Å². The zero-order valence-electron chi connectivity index (χ0n) is 11.3. The Bertz CT molecular complexity index is 712. The highest BCUT2D eigenvalue weighted by atomic mass is 35.5. The topological polar surface area (TPSA) is 55.4 Å². The average molecular weight is 336 g/mol. The van der Waals surface area contributed by atoms with Gasteiger partial charge in [0, 0.05) is 22.9 Å². The summed E-state index contributed by atoms with van der Waals surface area (Å²) < 4.78 is 5.01. The number of amides is 1. The molecule has 0 heterocycles. The van der Waals surface area contributed by atoms with Crippen molar-refractivity contribution in [3.8, 4) is 5.75 Å². The SMILES string of the molecule is O=C(/C=C/C(=O)Oc1ccccc1Cl)Nc1ccc(Cl)cc1. The summed E-state index contributed by atoms with van der Waals surface area (Å²) >= 11 is 11.6. The fraction of sp³-hybridized carbons (Fsp3) is 0. The molecule has 0 bridgehead atoms. The third kappa shape index (κ3) is 4.91. The molecule has 0 aliphatic heterocycles. The Morgan fingerprint density at radius 2 is 1.64 bits per heavy atom. The van der Waals surface area contributed by atoms with Crippen molar-refractivity contribution in [3.63, 3.8) is 0 Å². The van der Waals surface area contributed by atoms with Gasteiger partial charge in [0.1, 0.15) is 5.75 Å². The van der Waals surface area contributed by atoms with Crippen molar-refractivity contribution >= 4 is 40.8 Å². The van der Waals surface area contributed by atoms with Gasteiger partial charge in [-0.15, -0.1) is 0 Å². The first-order valence-electron chi connectivity index (χ1n) is 6.25. The first-order valence-corrected chi connectivity index (χ1v) is 7.01. The molecule has 2 aromatic rings. The van der Waals surface area contributed by atoms with E-state index < -0.39 is 11.9 Å².